The van der Waals surface area contributed by atoms with Gasteiger partial charge in [0.2, 0.25) is 0 Å². The number of aryl methyl sites for hydroxylation is 2. The lowest BCUT2D eigenvalue weighted by atomic mass is 10.1. The third-order valence-corrected chi connectivity index (χ3v) is 6.25. The van der Waals surface area contributed by atoms with Crippen LogP contribution in [0.2, 0.25) is 0 Å². The molecule has 0 radical (unpaired) electrons. The zero-order chi connectivity index (χ0) is 24.4. The Bertz CT molecular complexity index is 1430. The van der Waals surface area contributed by atoms with Crippen molar-refractivity contribution in [3.05, 3.63) is 99.1 Å². The first-order valence-corrected chi connectivity index (χ1v) is 12.0. The Hall–Kier alpha value is -3.45. The van der Waals surface area contributed by atoms with E-state index in [9.17, 15) is 14.0 Å². The second kappa shape index (κ2) is 9.81. The van der Waals surface area contributed by atoms with Crippen molar-refractivity contribution in [1.82, 2.24) is 14.9 Å². The Morgan fingerprint density at radius 1 is 1.06 bits per heavy atom. The zero-order valence-electron chi connectivity index (χ0n) is 19.6. The molecule has 5 nitrogen and oxygen atoms in total. The fourth-order valence-corrected chi connectivity index (χ4v) is 4.79. The lowest BCUT2D eigenvalue weighted by Gasteiger charge is -2.15. The topological polar surface area (TPSA) is 64.0 Å². The molecule has 0 saturated heterocycles. The fourth-order valence-electron chi connectivity index (χ4n) is 3.83. The van der Waals surface area contributed by atoms with Crippen molar-refractivity contribution in [2.24, 2.45) is 0 Å². The van der Waals surface area contributed by atoms with Gasteiger partial charge in [0.15, 0.2) is 5.16 Å². The average molecular weight is 476 g/mol. The Kier molecular flexibility index (Phi) is 6.84. The van der Waals surface area contributed by atoms with Gasteiger partial charge < -0.3 is 5.32 Å². The summed E-state index contributed by atoms with van der Waals surface area (Å²) in [5, 5.41) is 3.77. The van der Waals surface area contributed by atoms with E-state index in [1.54, 1.807) is 28.8 Å². The van der Waals surface area contributed by atoms with Gasteiger partial charge in [-0.15, -0.1) is 0 Å². The molecular weight excluding hydrogens is 449 g/mol. The molecule has 3 aromatic carbocycles. The van der Waals surface area contributed by atoms with Gasteiger partial charge in [0.25, 0.3) is 11.5 Å². The van der Waals surface area contributed by atoms with E-state index in [1.807, 2.05) is 52.0 Å². The first-order valence-electron chi connectivity index (χ1n) is 11.0. The summed E-state index contributed by atoms with van der Waals surface area (Å²) in [4.78, 5) is 30.9. The number of halogens is 1. The molecular formula is C27H26FN3O2S. The maximum atomic E-state index is 13.7. The predicted molar refractivity (Wildman–Crippen MR) is 135 cm³/mol. The average Bonchev–Trinajstić information content (AvgIpc) is 2.76. The number of hydrogen-bond donors (Lipinski definition) is 1. The van der Waals surface area contributed by atoms with Crippen molar-refractivity contribution < 1.29 is 9.18 Å². The molecule has 1 aromatic heterocycles. The second-order valence-electron chi connectivity index (χ2n) is 8.66. The number of nitrogens with one attached hydrogen (secondary N) is 1. The van der Waals surface area contributed by atoms with Crippen molar-refractivity contribution in [2.75, 3.05) is 0 Å². The lowest BCUT2D eigenvalue weighted by molar-refractivity contribution is 0.0943. The molecule has 0 aliphatic heterocycles. The molecule has 0 atom stereocenters. The number of benzene rings is 3. The number of carbonyl (C=O) groups is 1. The highest BCUT2D eigenvalue weighted by Crippen LogP contribution is 2.26. The minimum absolute atomic E-state index is 0.00824. The third-order valence-electron chi connectivity index (χ3n) is 5.24. The number of carbonyl (C=O) groups excluding carboxylic acids is 1. The molecule has 1 amide bonds. The molecule has 0 aliphatic carbocycles. The minimum atomic E-state index is -0.308. The van der Waals surface area contributed by atoms with Crippen LogP contribution in [0.25, 0.3) is 16.6 Å². The summed E-state index contributed by atoms with van der Waals surface area (Å²) in [6.45, 7) is 7.74. The predicted octanol–water partition coefficient (Wildman–Crippen LogP) is 5.57. The maximum absolute atomic E-state index is 13.7. The van der Waals surface area contributed by atoms with Gasteiger partial charge in [0.1, 0.15) is 5.82 Å². The highest BCUT2D eigenvalue weighted by Gasteiger charge is 2.16. The van der Waals surface area contributed by atoms with E-state index >= 15 is 0 Å². The molecule has 0 aliphatic rings. The Labute approximate surface area is 202 Å². The number of aromatic nitrogens is 2. The van der Waals surface area contributed by atoms with E-state index in [2.05, 4.69) is 5.32 Å². The maximum Gasteiger partial charge on any atom is 0.266 e. The zero-order valence-corrected chi connectivity index (χ0v) is 20.4. The summed E-state index contributed by atoms with van der Waals surface area (Å²) in [5.41, 5.74) is 4.25. The van der Waals surface area contributed by atoms with Gasteiger partial charge in [0, 0.05) is 17.4 Å². The van der Waals surface area contributed by atoms with E-state index in [0.717, 1.165) is 22.4 Å². The van der Waals surface area contributed by atoms with Crippen LogP contribution in [0.5, 0.6) is 0 Å². The van der Waals surface area contributed by atoms with Crippen molar-refractivity contribution in [2.45, 2.75) is 44.6 Å². The van der Waals surface area contributed by atoms with Crippen LogP contribution in [0.15, 0.2) is 70.6 Å². The van der Waals surface area contributed by atoms with Gasteiger partial charge in [-0.05, 0) is 86.8 Å². The van der Waals surface area contributed by atoms with Gasteiger partial charge in [0.05, 0.1) is 16.6 Å². The molecule has 0 fully saturated rings. The molecule has 0 saturated carbocycles. The van der Waals surface area contributed by atoms with Crippen LogP contribution in [0, 0.1) is 19.7 Å². The van der Waals surface area contributed by atoms with Gasteiger partial charge in [-0.1, -0.05) is 30.0 Å². The lowest BCUT2D eigenvalue weighted by Crippen LogP contribution is -2.30. The summed E-state index contributed by atoms with van der Waals surface area (Å²) in [5.74, 6) is -0.0863. The first kappa shape index (κ1) is 23.7. The fraction of sp³-hybridized carbons (Fsp3) is 0.222. The highest BCUT2D eigenvalue weighted by atomic mass is 32.2. The molecule has 4 aromatic rings. The molecule has 0 unspecified atom stereocenters. The number of thioether (sulfide) groups is 1. The number of hydrogen-bond acceptors (Lipinski definition) is 4. The first-order chi connectivity index (χ1) is 16.2. The molecule has 4 rings (SSSR count). The molecule has 7 heteroatoms. The van der Waals surface area contributed by atoms with E-state index in [1.165, 1.54) is 23.9 Å². The summed E-state index contributed by atoms with van der Waals surface area (Å²) in [6, 6.07) is 17.2. The third kappa shape index (κ3) is 5.20. The van der Waals surface area contributed by atoms with Crippen molar-refractivity contribution in [3.8, 4) is 5.69 Å². The largest absolute Gasteiger partial charge is 0.350 e. The van der Waals surface area contributed by atoms with Crippen molar-refractivity contribution in [3.63, 3.8) is 0 Å². The number of amides is 1. The van der Waals surface area contributed by atoms with E-state index in [-0.39, 0.29) is 23.3 Å². The van der Waals surface area contributed by atoms with Gasteiger partial charge in [-0.25, -0.2) is 9.37 Å². The van der Waals surface area contributed by atoms with E-state index in [4.69, 9.17) is 4.98 Å². The SMILES string of the molecule is Cc1cc(C)cc(-n2c(SCc3cccc(F)c3)nc3cc(C(=O)NC(C)C)ccc3c2=O)c1. The molecule has 1 heterocycles. The van der Waals surface area contributed by atoms with Gasteiger partial charge >= 0.3 is 0 Å². The number of fused-ring (bicyclic) bond motifs is 1. The van der Waals surface area contributed by atoms with Crippen LogP contribution >= 0.6 is 11.8 Å². The monoisotopic (exact) mass is 475 g/mol. The second-order valence-corrected chi connectivity index (χ2v) is 9.60. The Balaban J connectivity index is 1.86. The van der Waals surface area contributed by atoms with Gasteiger partial charge in [-0.3, -0.25) is 14.2 Å². The highest BCUT2D eigenvalue weighted by molar-refractivity contribution is 7.98. The molecule has 0 spiro atoms. The summed E-state index contributed by atoms with van der Waals surface area (Å²) in [7, 11) is 0. The van der Waals surface area contributed by atoms with Crippen LogP contribution in [0.3, 0.4) is 0 Å². The molecule has 1 N–H and O–H groups in total. The molecule has 0 bridgehead atoms. The molecule has 34 heavy (non-hydrogen) atoms. The standard InChI is InChI=1S/C27H26FN3O2S/c1-16(2)29-25(32)20-8-9-23-24(14-20)30-27(34-15-19-6-5-7-21(28)13-19)31(26(23)33)22-11-17(3)10-18(4)12-22/h5-14,16H,15H2,1-4H3,(H,29,32). The smallest absolute Gasteiger partial charge is 0.266 e. The number of rotatable bonds is 6. The van der Waals surface area contributed by atoms with Crippen LogP contribution in [-0.4, -0.2) is 21.5 Å². The van der Waals surface area contributed by atoms with E-state index in [0.29, 0.717) is 27.4 Å². The number of nitrogens with zero attached hydrogens (tertiary/aromatic N) is 2. The van der Waals surface area contributed by atoms with E-state index < -0.39 is 0 Å². The van der Waals surface area contributed by atoms with Crippen LogP contribution in [0.4, 0.5) is 4.39 Å². The normalized spacial score (nSPS) is 11.2. The summed E-state index contributed by atoms with van der Waals surface area (Å²) >= 11 is 1.35. The van der Waals surface area contributed by atoms with Crippen molar-refractivity contribution >= 4 is 28.6 Å². The van der Waals surface area contributed by atoms with Crippen LogP contribution in [-0.2, 0) is 5.75 Å². The quantitative estimate of drug-likeness (QED) is 0.292. The Morgan fingerprint density at radius 2 is 1.79 bits per heavy atom. The van der Waals surface area contributed by atoms with Gasteiger partial charge in [-0.2, -0.15) is 0 Å². The van der Waals surface area contributed by atoms with Crippen LogP contribution in [0.1, 0.15) is 40.9 Å². The summed E-state index contributed by atoms with van der Waals surface area (Å²) < 4.78 is 15.3. The van der Waals surface area contributed by atoms with Crippen molar-refractivity contribution in [1.29, 1.82) is 0 Å². The summed E-state index contributed by atoms with van der Waals surface area (Å²) in [6.07, 6.45) is 0. The molecule has 174 valence electrons. The van der Waals surface area contributed by atoms with Crippen LogP contribution < -0.4 is 10.9 Å². The Morgan fingerprint density at radius 3 is 2.47 bits per heavy atom. The minimum Gasteiger partial charge on any atom is -0.350 e.